The lowest BCUT2D eigenvalue weighted by Crippen LogP contribution is -2.45. The number of carbonyl (C=O) groups excluding carboxylic acids is 1. The number of amides is 1. The lowest BCUT2D eigenvalue weighted by molar-refractivity contribution is -0.117. The fourth-order valence-corrected chi connectivity index (χ4v) is 4.12. The maximum atomic E-state index is 12.9. The van der Waals surface area contributed by atoms with Crippen LogP contribution < -0.4 is 10.0 Å². The molecule has 3 rings (SSSR count). The lowest BCUT2D eigenvalue weighted by atomic mass is 10.1. The van der Waals surface area contributed by atoms with Crippen LogP contribution in [0.15, 0.2) is 83.8 Å². The molecule has 3 aromatic rings. The van der Waals surface area contributed by atoms with Crippen molar-refractivity contribution >= 4 is 44.8 Å². The molecule has 0 radical (unpaired) electrons. The third-order valence-electron chi connectivity index (χ3n) is 4.13. The Morgan fingerprint density at radius 3 is 1.97 bits per heavy atom. The number of rotatable bonds is 7. The van der Waals surface area contributed by atoms with E-state index in [2.05, 4.69) is 10.0 Å². The number of hydrogen-bond donors (Lipinski definition) is 2. The van der Waals surface area contributed by atoms with Gasteiger partial charge in [0, 0.05) is 15.7 Å². The van der Waals surface area contributed by atoms with Gasteiger partial charge in [-0.2, -0.15) is 4.72 Å². The molecule has 3 aromatic carbocycles. The number of anilines is 1. The molecule has 0 aliphatic rings. The predicted molar refractivity (Wildman–Crippen MR) is 116 cm³/mol. The van der Waals surface area contributed by atoms with Crippen LogP contribution in [0.3, 0.4) is 0 Å². The van der Waals surface area contributed by atoms with Crippen LogP contribution in [-0.2, 0) is 21.2 Å². The van der Waals surface area contributed by atoms with E-state index in [4.69, 9.17) is 23.2 Å². The number of sulfonamides is 1. The number of halogens is 2. The first-order valence-corrected chi connectivity index (χ1v) is 11.0. The van der Waals surface area contributed by atoms with E-state index in [1.54, 1.807) is 24.3 Å². The van der Waals surface area contributed by atoms with E-state index in [1.807, 2.05) is 30.3 Å². The van der Waals surface area contributed by atoms with Crippen molar-refractivity contribution in [1.82, 2.24) is 4.72 Å². The highest BCUT2D eigenvalue weighted by Crippen LogP contribution is 2.17. The SMILES string of the molecule is O=C(Nc1ccc(Cl)cc1)[C@@H](Cc1ccccc1)NS(=O)(=O)c1ccc(Cl)cc1. The summed E-state index contributed by atoms with van der Waals surface area (Å²) in [6.45, 7) is 0. The molecule has 0 aliphatic carbocycles. The molecule has 0 saturated heterocycles. The normalized spacial score (nSPS) is 12.3. The molecule has 0 unspecified atom stereocenters. The smallest absolute Gasteiger partial charge is 0.242 e. The molecule has 0 fully saturated rings. The summed E-state index contributed by atoms with van der Waals surface area (Å²) in [5.41, 5.74) is 1.34. The van der Waals surface area contributed by atoms with E-state index in [9.17, 15) is 13.2 Å². The summed E-state index contributed by atoms with van der Waals surface area (Å²) in [6, 6.07) is 20.5. The Kier molecular flexibility index (Phi) is 6.92. The Bertz CT molecular complexity index is 1070. The first-order chi connectivity index (χ1) is 13.8. The van der Waals surface area contributed by atoms with Crippen molar-refractivity contribution < 1.29 is 13.2 Å². The van der Waals surface area contributed by atoms with Crippen LogP contribution in [-0.4, -0.2) is 20.4 Å². The third-order valence-corrected chi connectivity index (χ3v) is 6.12. The van der Waals surface area contributed by atoms with Gasteiger partial charge in [0.05, 0.1) is 4.90 Å². The zero-order valence-electron chi connectivity index (χ0n) is 15.2. The summed E-state index contributed by atoms with van der Waals surface area (Å²) in [7, 11) is -3.93. The van der Waals surface area contributed by atoms with Gasteiger partial charge in [-0.1, -0.05) is 53.5 Å². The third kappa shape index (κ3) is 6.05. The minimum Gasteiger partial charge on any atom is -0.325 e. The number of benzene rings is 3. The molecular weight excluding hydrogens is 431 g/mol. The molecule has 0 spiro atoms. The van der Waals surface area contributed by atoms with Crippen LogP contribution in [0.5, 0.6) is 0 Å². The van der Waals surface area contributed by atoms with Crippen molar-refractivity contribution in [2.24, 2.45) is 0 Å². The quantitative estimate of drug-likeness (QED) is 0.557. The molecule has 0 saturated carbocycles. The molecular formula is C21H18Cl2N2O3S. The van der Waals surface area contributed by atoms with E-state index < -0.39 is 22.0 Å². The standard InChI is InChI=1S/C21H18Cl2N2O3S/c22-16-6-10-18(11-7-16)24-21(26)20(14-15-4-2-1-3-5-15)25-29(27,28)19-12-8-17(23)9-13-19/h1-13,20,25H,14H2,(H,24,26)/t20-/m1/s1. The number of carbonyl (C=O) groups is 1. The van der Waals surface area contributed by atoms with Gasteiger partial charge in [0.25, 0.3) is 0 Å². The van der Waals surface area contributed by atoms with E-state index >= 15 is 0 Å². The summed E-state index contributed by atoms with van der Waals surface area (Å²) in [5, 5.41) is 3.68. The second kappa shape index (κ2) is 9.41. The van der Waals surface area contributed by atoms with Gasteiger partial charge in [-0.05, 0) is 60.5 Å². The number of nitrogens with one attached hydrogen (secondary N) is 2. The Balaban J connectivity index is 1.84. The van der Waals surface area contributed by atoms with Crippen molar-refractivity contribution in [2.45, 2.75) is 17.4 Å². The van der Waals surface area contributed by atoms with Crippen molar-refractivity contribution in [2.75, 3.05) is 5.32 Å². The number of hydrogen-bond acceptors (Lipinski definition) is 3. The minimum absolute atomic E-state index is 0.0271. The van der Waals surface area contributed by atoms with E-state index in [0.717, 1.165) is 5.56 Å². The van der Waals surface area contributed by atoms with Crippen LogP contribution >= 0.6 is 23.2 Å². The van der Waals surface area contributed by atoms with Gasteiger partial charge < -0.3 is 5.32 Å². The van der Waals surface area contributed by atoms with Crippen LogP contribution in [0.1, 0.15) is 5.56 Å². The summed E-state index contributed by atoms with van der Waals surface area (Å²) in [4.78, 5) is 12.9. The first-order valence-electron chi connectivity index (χ1n) is 8.72. The molecule has 1 amide bonds. The van der Waals surface area contributed by atoms with Gasteiger partial charge in [-0.3, -0.25) is 4.79 Å². The largest absolute Gasteiger partial charge is 0.325 e. The fourth-order valence-electron chi connectivity index (χ4n) is 2.67. The molecule has 8 heteroatoms. The highest BCUT2D eigenvalue weighted by Gasteiger charge is 2.26. The van der Waals surface area contributed by atoms with Crippen molar-refractivity contribution in [3.8, 4) is 0 Å². The van der Waals surface area contributed by atoms with Crippen LogP contribution in [0.4, 0.5) is 5.69 Å². The molecule has 150 valence electrons. The van der Waals surface area contributed by atoms with E-state index in [1.165, 1.54) is 24.3 Å². The average molecular weight is 449 g/mol. The topological polar surface area (TPSA) is 75.3 Å². The Labute approximate surface area is 179 Å². The van der Waals surface area contributed by atoms with Gasteiger partial charge in [-0.15, -0.1) is 0 Å². The van der Waals surface area contributed by atoms with Crippen LogP contribution in [0.2, 0.25) is 10.0 Å². The van der Waals surface area contributed by atoms with Crippen LogP contribution in [0.25, 0.3) is 0 Å². The fraction of sp³-hybridized carbons (Fsp3) is 0.0952. The van der Waals surface area contributed by atoms with Gasteiger partial charge in [-0.25, -0.2) is 8.42 Å². The highest BCUT2D eigenvalue weighted by atomic mass is 35.5. The first kappa shape index (κ1) is 21.3. The maximum absolute atomic E-state index is 12.9. The second-order valence-corrected chi connectivity index (χ2v) is 8.90. The molecule has 5 nitrogen and oxygen atoms in total. The summed E-state index contributed by atoms with van der Waals surface area (Å²) in [5.74, 6) is -0.478. The molecule has 0 aromatic heterocycles. The van der Waals surface area contributed by atoms with Gasteiger partial charge >= 0.3 is 0 Å². The molecule has 2 N–H and O–H groups in total. The molecule has 29 heavy (non-hydrogen) atoms. The highest BCUT2D eigenvalue weighted by molar-refractivity contribution is 7.89. The zero-order chi connectivity index (χ0) is 20.9. The summed E-state index contributed by atoms with van der Waals surface area (Å²) >= 11 is 11.7. The average Bonchev–Trinajstić information content (AvgIpc) is 2.70. The Morgan fingerprint density at radius 2 is 1.38 bits per heavy atom. The summed E-state index contributed by atoms with van der Waals surface area (Å²) < 4.78 is 28.1. The summed E-state index contributed by atoms with van der Waals surface area (Å²) in [6.07, 6.45) is 0.188. The van der Waals surface area contributed by atoms with E-state index in [0.29, 0.717) is 15.7 Å². The van der Waals surface area contributed by atoms with Gasteiger partial charge in [0.2, 0.25) is 15.9 Å². The van der Waals surface area contributed by atoms with Crippen molar-refractivity contribution in [3.63, 3.8) is 0 Å². The second-order valence-electron chi connectivity index (χ2n) is 6.31. The Hall–Kier alpha value is -2.38. The Morgan fingerprint density at radius 1 is 0.828 bits per heavy atom. The molecule has 1 atom stereocenters. The van der Waals surface area contributed by atoms with Gasteiger partial charge in [0.1, 0.15) is 6.04 Å². The lowest BCUT2D eigenvalue weighted by Gasteiger charge is -2.19. The van der Waals surface area contributed by atoms with Crippen LogP contribution in [0, 0.1) is 0 Å². The monoisotopic (exact) mass is 448 g/mol. The zero-order valence-corrected chi connectivity index (χ0v) is 17.5. The van der Waals surface area contributed by atoms with Crippen molar-refractivity contribution in [3.05, 3.63) is 94.5 Å². The minimum atomic E-state index is -3.93. The van der Waals surface area contributed by atoms with E-state index in [-0.39, 0.29) is 11.3 Å². The predicted octanol–water partition coefficient (Wildman–Crippen LogP) is 4.52. The molecule has 0 bridgehead atoms. The molecule has 0 aliphatic heterocycles. The molecule has 0 heterocycles. The van der Waals surface area contributed by atoms with Gasteiger partial charge in [0.15, 0.2) is 0 Å². The van der Waals surface area contributed by atoms with Crippen molar-refractivity contribution in [1.29, 1.82) is 0 Å². The maximum Gasteiger partial charge on any atom is 0.242 e.